The van der Waals surface area contributed by atoms with Gasteiger partial charge in [0.05, 0.1) is 5.02 Å². The molecule has 3 nitrogen and oxygen atoms in total. The fourth-order valence-electron chi connectivity index (χ4n) is 7.10. The van der Waals surface area contributed by atoms with Gasteiger partial charge in [-0.15, -0.1) is 0 Å². The summed E-state index contributed by atoms with van der Waals surface area (Å²) < 4.78 is 0. The van der Waals surface area contributed by atoms with Gasteiger partial charge in [0, 0.05) is 17.2 Å². The molecule has 162 valence electrons. The van der Waals surface area contributed by atoms with Crippen LogP contribution in [0.15, 0.2) is 36.4 Å². The van der Waals surface area contributed by atoms with Crippen LogP contribution in [-0.2, 0) is 16.6 Å². The number of phenols is 1. The van der Waals surface area contributed by atoms with Crippen molar-refractivity contribution in [2.24, 2.45) is 17.8 Å². The lowest BCUT2D eigenvalue weighted by molar-refractivity contribution is -0.131. The Morgan fingerprint density at radius 3 is 2.32 bits per heavy atom. The maximum atomic E-state index is 10.9. The average Bonchev–Trinajstić information content (AvgIpc) is 2.71. The minimum Gasteiger partial charge on any atom is -0.508 e. The largest absolute Gasteiger partial charge is 0.508 e. The first-order valence-corrected chi connectivity index (χ1v) is 11.8. The van der Waals surface area contributed by atoms with Crippen molar-refractivity contribution < 1.29 is 15.0 Å². The molecule has 0 saturated heterocycles. The van der Waals surface area contributed by atoms with E-state index in [1.54, 1.807) is 6.08 Å². The molecule has 4 aliphatic carbocycles. The lowest BCUT2D eigenvalue weighted by Gasteiger charge is -2.57. The van der Waals surface area contributed by atoms with Crippen LogP contribution in [0.1, 0.15) is 62.1 Å². The van der Waals surface area contributed by atoms with Crippen LogP contribution in [0.25, 0.3) is 17.2 Å². The highest BCUT2D eigenvalue weighted by Gasteiger charge is 2.52. The average molecular weight is 437 g/mol. The summed E-state index contributed by atoms with van der Waals surface area (Å²) in [6.07, 6.45) is 11.2. The number of aromatic hydroxyl groups is 1. The molecule has 4 fully saturated rings. The van der Waals surface area contributed by atoms with Crippen molar-refractivity contribution in [3.63, 3.8) is 0 Å². The van der Waals surface area contributed by atoms with E-state index in [-0.39, 0.29) is 5.41 Å². The highest BCUT2D eigenvalue weighted by atomic mass is 35.5. The molecule has 4 bridgehead atoms. The van der Waals surface area contributed by atoms with Crippen LogP contribution in [-0.4, -0.2) is 16.2 Å². The van der Waals surface area contributed by atoms with Gasteiger partial charge in [0.15, 0.2) is 0 Å². The second kappa shape index (κ2) is 7.70. The van der Waals surface area contributed by atoms with E-state index < -0.39 is 5.97 Å². The number of hydrogen-bond acceptors (Lipinski definition) is 2. The van der Waals surface area contributed by atoms with E-state index >= 15 is 0 Å². The summed E-state index contributed by atoms with van der Waals surface area (Å²) in [6, 6.07) is 9.88. The molecule has 0 radical (unpaired) electrons. The molecule has 0 aliphatic heterocycles. The van der Waals surface area contributed by atoms with Crippen molar-refractivity contribution in [2.45, 2.75) is 57.3 Å². The van der Waals surface area contributed by atoms with Gasteiger partial charge in [-0.1, -0.05) is 36.7 Å². The minimum absolute atomic E-state index is 0.110. The molecule has 4 aliphatic rings. The third-order valence-corrected chi connectivity index (χ3v) is 8.39. The summed E-state index contributed by atoms with van der Waals surface area (Å²) >= 11 is 6.83. The van der Waals surface area contributed by atoms with Crippen molar-refractivity contribution in [3.8, 4) is 16.9 Å². The van der Waals surface area contributed by atoms with Crippen LogP contribution in [0.5, 0.6) is 5.75 Å². The summed E-state index contributed by atoms with van der Waals surface area (Å²) in [5.41, 5.74) is 4.96. The van der Waals surface area contributed by atoms with Crippen LogP contribution in [0, 0.1) is 17.8 Å². The second-order valence-electron chi connectivity index (χ2n) is 9.95. The van der Waals surface area contributed by atoms with E-state index in [0.29, 0.717) is 17.2 Å². The fraction of sp³-hybridized carbons (Fsp3) is 0.444. The Balaban J connectivity index is 1.56. The molecule has 0 aromatic heterocycles. The first-order chi connectivity index (χ1) is 14.9. The molecule has 6 rings (SSSR count). The van der Waals surface area contributed by atoms with Gasteiger partial charge in [0.25, 0.3) is 0 Å². The number of phenolic OH excluding ortho intramolecular Hbond substituents is 1. The molecular weight excluding hydrogens is 408 g/mol. The number of benzene rings is 2. The molecule has 0 amide bonds. The van der Waals surface area contributed by atoms with Gasteiger partial charge < -0.3 is 10.2 Å². The quantitative estimate of drug-likeness (QED) is 0.504. The Hall–Kier alpha value is -2.26. The maximum absolute atomic E-state index is 10.9. The smallest absolute Gasteiger partial charge is 0.328 e. The Bertz CT molecular complexity index is 1030. The van der Waals surface area contributed by atoms with Crippen molar-refractivity contribution in [1.82, 2.24) is 0 Å². The van der Waals surface area contributed by atoms with Crippen LogP contribution >= 0.6 is 11.6 Å². The number of aliphatic carboxylic acids is 1. The highest BCUT2D eigenvalue weighted by Crippen LogP contribution is 2.62. The predicted molar refractivity (Wildman–Crippen MR) is 124 cm³/mol. The third-order valence-electron chi connectivity index (χ3n) is 7.96. The molecule has 0 heterocycles. The van der Waals surface area contributed by atoms with E-state index in [1.807, 2.05) is 31.2 Å². The number of rotatable bonds is 5. The zero-order valence-electron chi connectivity index (χ0n) is 17.9. The number of carboxylic acids is 1. The zero-order valence-corrected chi connectivity index (χ0v) is 18.7. The highest BCUT2D eigenvalue weighted by molar-refractivity contribution is 6.34. The molecule has 31 heavy (non-hydrogen) atoms. The van der Waals surface area contributed by atoms with E-state index in [9.17, 15) is 9.90 Å². The fourth-order valence-corrected chi connectivity index (χ4v) is 7.52. The molecular formula is C27H29ClO3. The number of carboxylic acid groups (broad SMARTS) is 1. The monoisotopic (exact) mass is 436 g/mol. The molecule has 4 saturated carbocycles. The van der Waals surface area contributed by atoms with Gasteiger partial charge >= 0.3 is 5.97 Å². The summed E-state index contributed by atoms with van der Waals surface area (Å²) in [5.74, 6) is 1.87. The molecule has 2 aromatic carbocycles. The Labute approximate surface area is 188 Å². The molecule has 0 spiro atoms. The van der Waals surface area contributed by atoms with Gasteiger partial charge in [-0.3, -0.25) is 0 Å². The Morgan fingerprint density at radius 1 is 1.10 bits per heavy atom. The Kier molecular flexibility index (Phi) is 5.13. The lowest BCUT2D eigenvalue weighted by atomic mass is 9.48. The lowest BCUT2D eigenvalue weighted by Crippen LogP contribution is -2.48. The van der Waals surface area contributed by atoms with Crippen molar-refractivity contribution in [2.75, 3.05) is 0 Å². The SMILES string of the molecule is CCc1c(C=CC(=O)O)ccc(-c2ccc(O)c(C34CC5CC(CC(C5)C3)C4)c2)c1Cl. The van der Waals surface area contributed by atoms with Crippen LogP contribution < -0.4 is 0 Å². The standard InChI is InChI=1S/C27H29ClO3/c1-2-21-19(5-8-25(30)31)3-6-22(26(21)28)20-4-7-24(29)23(12-20)27-13-16-9-17(14-27)11-18(10-16)15-27/h3-8,12,16-18,29H,2,9-11,13-15H2,1H3,(H,30,31). The van der Waals surface area contributed by atoms with E-state index in [2.05, 4.69) is 6.07 Å². The topological polar surface area (TPSA) is 57.5 Å². The predicted octanol–water partition coefficient (Wildman–Crippen LogP) is 6.84. The first-order valence-electron chi connectivity index (χ1n) is 11.4. The third kappa shape index (κ3) is 3.57. The number of halogens is 1. The van der Waals surface area contributed by atoms with E-state index in [0.717, 1.165) is 51.6 Å². The van der Waals surface area contributed by atoms with Crippen molar-refractivity contribution in [3.05, 3.63) is 58.1 Å². The summed E-state index contributed by atoms with van der Waals surface area (Å²) in [6.45, 7) is 2.03. The molecule has 4 heteroatoms. The van der Waals surface area contributed by atoms with Crippen molar-refractivity contribution >= 4 is 23.6 Å². The number of carbonyl (C=O) groups is 1. The summed E-state index contributed by atoms with van der Waals surface area (Å²) in [5, 5.41) is 20.5. The van der Waals surface area contributed by atoms with Gasteiger partial charge in [0.2, 0.25) is 0 Å². The first kappa shape index (κ1) is 20.6. The van der Waals surface area contributed by atoms with E-state index in [1.165, 1.54) is 38.5 Å². The maximum Gasteiger partial charge on any atom is 0.328 e. The summed E-state index contributed by atoms with van der Waals surface area (Å²) in [7, 11) is 0. The van der Waals surface area contributed by atoms with Crippen LogP contribution in [0.4, 0.5) is 0 Å². The van der Waals surface area contributed by atoms with E-state index in [4.69, 9.17) is 16.7 Å². The van der Waals surface area contributed by atoms with Gasteiger partial charge in [-0.05, 0) is 103 Å². The van der Waals surface area contributed by atoms with Gasteiger partial charge in [0.1, 0.15) is 5.75 Å². The van der Waals surface area contributed by atoms with Crippen LogP contribution in [0.3, 0.4) is 0 Å². The normalized spacial score (nSPS) is 29.0. The molecule has 2 aromatic rings. The Morgan fingerprint density at radius 2 is 1.74 bits per heavy atom. The van der Waals surface area contributed by atoms with Gasteiger partial charge in [-0.2, -0.15) is 0 Å². The summed E-state index contributed by atoms with van der Waals surface area (Å²) in [4.78, 5) is 10.9. The van der Waals surface area contributed by atoms with Crippen molar-refractivity contribution in [1.29, 1.82) is 0 Å². The number of hydrogen-bond donors (Lipinski definition) is 2. The second-order valence-corrected chi connectivity index (χ2v) is 10.3. The molecule has 0 atom stereocenters. The molecule has 2 N–H and O–H groups in total. The molecule has 0 unspecified atom stereocenters. The van der Waals surface area contributed by atoms with Gasteiger partial charge in [-0.25, -0.2) is 4.79 Å². The van der Waals surface area contributed by atoms with Crippen LogP contribution in [0.2, 0.25) is 5.02 Å². The zero-order chi connectivity index (χ0) is 21.8. The minimum atomic E-state index is -0.971.